The first-order chi connectivity index (χ1) is 8.78. The van der Waals surface area contributed by atoms with Crippen LogP contribution in [0.25, 0.3) is 0 Å². The molecule has 1 aliphatic rings. The van der Waals surface area contributed by atoms with Gasteiger partial charge in [-0.3, -0.25) is 4.79 Å². The predicted octanol–water partition coefficient (Wildman–Crippen LogP) is 2.78. The second-order valence-corrected chi connectivity index (χ2v) is 6.06. The van der Waals surface area contributed by atoms with Gasteiger partial charge in [-0.1, -0.05) is 6.42 Å². The summed E-state index contributed by atoms with van der Waals surface area (Å²) >= 11 is 0. The Balaban J connectivity index is 2.05. The van der Waals surface area contributed by atoms with Crippen LogP contribution in [0.4, 0.5) is 4.79 Å². The van der Waals surface area contributed by atoms with Gasteiger partial charge in [0.1, 0.15) is 11.7 Å². The smallest absolute Gasteiger partial charge is 0.407 e. The molecule has 1 saturated heterocycles. The van der Waals surface area contributed by atoms with E-state index in [9.17, 15) is 9.59 Å². The van der Waals surface area contributed by atoms with Crippen molar-refractivity contribution in [3.63, 3.8) is 0 Å². The van der Waals surface area contributed by atoms with Crippen LogP contribution in [0.5, 0.6) is 0 Å². The van der Waals surface area contributed by atoms with E-state index in [1.165, 1.54) is 0 Å². The highest BCUT2D eigenvalue weighted by Gasteiger charge is 2.29. The maximum atomic E-state index is 11.5. The van der Waals surface area contributed by atoms with E-state index in [4.69, 9.17) is 9.47 Å². The monoisotopic (exact) mass is 271 g/mol. The number of hydrogen-bond donors (Lipinski definition) is 1. The summed E-state index contributed by atoms with van der Waals surface area (Å²) in [6.45, 7) is 7.55. The van der Waals surface area contributed by atoms with Crippen molar-refractivity contribution in [2.75, 3.05) is 0 Å². The third-order valence-electron chi connectivity index (χ3n) is 2.95. The molecule has 1 aliphatic heterocycles. The molecule has 0 saturated carbocycles. The van der Waals surface area contributed by atoms with Crippen LogP contribution in [0.2, 0.25) is 0 Å². The third-order valence-corrected chi connectivity index (χ3v) is 2.95. The highest BCUT2D eigenvalue weighted by Crippen LogP contribution is 2.17. The molecule has 0 aromatic rings. The quantitative estimate of drug-likeness (QED) is 0.596. The molecule has 0 aromatic carbocycles. The first-order valence-corrected chi connectivity index (χ1v) is 6.97. The summed E-state index contributed by atoms with van der Waals surface area (Å²) in [7, 11) is 0. The van der Waals surface area contributed by atoms with Gasteiger partial charge in [-0.05, 0) is 47.0 Å². The maximum absolute atomic E-state index is 11.5. The number of cyclic esters (lactones) is 1. The van der Waals surface area contributed by atoms with Crippen LogP contribution in [0.1, 0.15) is 59.8 Å². The van der Waals surface area contributed by atoms with Gasteiger partial charge in [0.25, 0.3) is 0 Å². The molecule has 1 N–H and O–H groups in total. The van der Waals surface area contributed by atoms with Crippen molar-refractivity contribution in [3.8, 4) is 0 Å². The topological polar surface area (TPSA) is 64.6 Å². The summed E-state index contributed by atoms with van der Waals surface area (Å²) in [4.78, 5) is 22.5. The Bertz CT molecular complexity index is 322. The molecule has 2 unspecified atom stereocenters. The van der Waals surface area contributed by atoms with Gasteiger partial charge in [-0.25, -0.2) is 4.79 Å². The van der Waals surface area contributed by atoms with Gasteiger partial charge in [-0.2, -0.15) is 0 Å². The highest BCUT2D eigenvalue weighted by atomic mass is 16.6. The Kier molecular flexibility index (Phi) is 5.63. The summed E-state index contributed by atoms with van der Waals surface area (Å²) in [5.41, 5.74) is -0.407. The summed E-state index contributed by atoms with van der Waals surface area (Å²) in [6, 6.07) is 0.0818. The molecule has 5 heteroatoms. The Morgan fingerprint density at radius 2 is 2.00 bits per heavy atom. The van der Waals surface area contributed by atoms with E-state index >= 15 is 0 Å². The lowest BCUT2D eigenvalue weighted by Crippen LogP contribution is -2.27. The van der Waals surface area contributed by atoms with Crippen LogP contribution in [0.3, 0.4) is 0 Å². The van der Waals surface area contributed by atoms with E-state index < -0.39 is 5.60 Å². The van der Waals surface area contributed by atoms with Crippen molar-refractivity contribution in [3.05, 3.63) is 0 Å². The van der Waals surface area contributed by atoms with Crippen LogP contribution in [-0.2, 0) is 14.3 Å². The highest BCUT2D eigenvalue weighted by molar-refractivity contribution is 5.70. The van der Waals surface area contributed by atoms with Gasteiger partial charge >= 0.3 is 12.1 Å². The number of nitrogens with one attached hydrogen (secondary N) is 1. The van der Waals surface area contributed by atoms with Crippen molar-refractivity contribution in [2.45, 2.75) is 77.5 Å². The molecule has 1 fully saturated rings. The molecule has 0 aliphatic carbocycles. The first kappa shape index (κ1) is 15.8. The lowest BCUT2D eigenvalue weighted by molar-refractivity contribution is -0.154. The zero-order chi connectivity index (χ0) is 14.5. The van der Waals surface area contributed by atoms with Crippen LogP contribution < -0.4 is 5.32 Å². The number of ether oxygens (including phenoxy) is 2. The molecule has 1 rings (SSSR count). The van der Waals surface area contributed by atoms with Crippen LogP contribution in [0, 0.1) is 0 Å². The average molecular weight is 271 g/mol. The lowest BCUT2D eigenvalue weighted by atomic mass is 10.0. The third kappa shape index (κ3) is 6.45. The minimum atomic E-state index is -0.407. The van der Waals surface area contributed by atoms with E-state index in [1.54, 1.807) is 0 Å². The van der Waals surface area contributed by atoms with E-state index in [1.807, 2.05) is 27.7 Å². The molecular weight excluding hydrogens is 246 g/mol. The van der Waals surface area contributed by atoms with Crippen molar-refractivity contribution in [2.24, 2.45) is 0 Å². The van der Waals surface area contributed by atoms with E-state index in [0.717, 1.165) is 25.7 Å². The SMILES string of the molecule is CC1NC(=O)OC1CCCCCC(=O)OC(C)(C)C. The molecule has 19 heavy (non-hydrogen) atoms. The van der Waals surface area contributed by atoms with Crippen molar-refractivity contribution < 1.29 is 19.1 Å². The number of rotatable bonds is 6. The number of amides is 1. The molecule has 1 amide bonds. The minimum Gasteiger partial charge on any atom is -0.460 e. The van der Waals surface area contributed by atoms with Crippen LogP contribution in [0.15, 0.2) is 0 Å². The predicted molar refractivity (Wildman–Crippen MR) is 71.8 cm³/mol. The zero-order valence-electron chi connectivity index (χ0n) is 12.3. The van der Waals surface area contributed by atoms with Gasteiger partial charge in [0.05, 0.1) is 6.04 Å². The Morgan fingerprint density at radius 3 is 2.53 bits per heavy atom. The Morgan fingerprint density at radius 1 is 1.32 bits per heavy atom. The fourth-order valence-electron chi connectivity index (χ4n) is 2.05. The number of hydrogen-bond acceptors (Lipinski definition) is 4. The van der Waals surface area contributed by atoms with Gasteiger partial charge in [0.15, 0.2) is 0 Å². The van der Waals surface area contributed by atoms with Gasteiger partial charge in [0, 0.05) is 6.42 Å². The Hall–Kier alpha value is -1.26. The second kappa shape index (κ2) is 6.78. The molecule has 1 heterocycles. The summed E-state index contributed by atoms with van der Waals surface area (Å²) in [6.07, 6.45) is 3.65. The molecular formula is C14H25NO4. The standard InChI is InChI=1S/C14H25NO4/c1-10-11(18-13(17)15-10)8-6-5-7-9-12(16)19-14(2,3)4/h10-11H,5-9H2,1-4H3,(H,15,17). The summed E-state index contributed by atoms with van der Waals surface area (Å²) in [5, 5.41) is 2.72. The largest absolute Gasteiger partial charge is 0.460 e. The fraction of sp³-hybridized carbons (Fsp3) is 0.857. The molecule has 5 nitrogen and oxygen atoms in total. The molecule has 0 aromatic heterocycles. The van der Waals surface area contributed by atoms with Crippen molar-refractivity contribution in [1.82, 2.24) is 5.32 Å². The number of carbonyl (C=O) groups is 2. The molecule has 2 atom stereocenters. The number of alkyl carbamates (subject to hydrolysis) is 1. The van der Waals surface area contributed by atoms with E-state index in [-0.39, 0.29) is 24.2 Å². The molecule has 0 spiro atoms. The molecule has 110 valence electrons. The van der Waals surface area contributed by atoms with E-state index in [2.05, 4.69) is 5.32 Å². The van der Waals surface area contributed by atoms with Gasteiger partial charge in [-0.15, -0.1) is 0 Å². The zero-order valence-corrected chi connectivity index (χ0v) is 12.3. The fourth-order valence-corrected chi connectivity index (χ4v) is 2.05. The summed E-state index contributed by atoms with van der Waals surface area (Å²) in [5.74, 6) is -0.144. The first-order valence-electron chi connectivity index (χ1n) is 6.97. The maximum Gasteiger partial charge on any atom is 0.407 e. The lowest BCUT2D eigenvalue weighted by Gasteiger charge is -2.19. The van der Waals surface area contributed by atoms with Crippen LogP contribution >= 0.6 is 0 Å². The average Bonchev–Trinajstić information content (AvgIpc) is 2.54. The molecule has 0 radical (unpaired) electrons. The Labute approximate surface area is 115 Å². The normalized spacial score (nSPS) is 22.8. The number of unbranched alkanes of at least 4 members (excludes halogenated alkanes) is 2. The van der Waals surface area contributed by atoms with Crippen LogP contribution in [-0.4, -0.2) is 29.8 Å². The number of carbonyl (C=O) groups excluding carboxylic acids is 2. The summed E-state index contributed by atoms with van der Waals surface area (Å²) < 4.78 is 10.4. The van der Waals surface area contributed by atoms with Gasteiger partial charge < -0.3 is 14.8 Å². The number of esters is 1. The molecule has 0 bridgehead atoms. The van der Waals surface area contributed by atoms with Gasteiger partial charge in [0.2, 0.25) is 0 Å². The van der Waals surface area contributed by atoms with Crippen molar-refractivity contribution >= 4 is 12.1 Å². The second-order valence-electron chi connectivity index (χ2n) is 6.06. The minimum absolute atomic E-state index is 0.0333. The van der Waals surface area contributed by atoms with Crippen molar-refractivity contribution in [1.29, 1.82) is 0 Å². The van der Waals surface area contributed by atoms with E-state index in [0.29, 0.717) is 6.42 Å².